The number of amides is 1. The molecule has 148 valence electrons. The molecule has 5 nitrogen and oxygen atoms in total. The van der Waals surface area contributed by atoms with Gasteiger partial charge in [-0.05, 0) is 54.4 Å². The molecule has 0 radical (unpaired) electrons. The van der Waals surface area contributed by atoms with E-state index < -0.39 is 17.7 Å². The van der Waals surface area contributed by atoms with Crippen molar-refractivity contribution in [3.8, 4) is 16.9 Å². The maximum Gasteiger partial charge on any atom is 0.336 e. The lowest BCUT2D eigenvalue weighted by Crippen LogP contribution is -2.17. The fourth-order valence-corrected chi connectivity index (χ4v) is 3.09. The fraction of sp³-hybridized carbons (Fsp3) is 0.0909. The van der Waals surface area contributed by atoms with Gasteiger partial charge < -0.3 is 15.2 Å². The molecule has 0 heterocycles. The minimum Gasteiger partial charge on any atom is -0.494 e. The van der Waals surface area contributed by atoms with Crippen LogP contribution in [0.1, 0.15) is 27.6 Å². The predicted molar refractivity (Wildman–Crippen MR) is 109 cm³/mol. The van der Waals surface area contributed by atoms with Gasteiger partial charge in [-0.2, -0.15) is 0 Å². The first-order chi connectivity index (χ1) is 13.9. The third-order valence-electron chi connectivity index (χ3n) is 4.16. The number of halogens is 2. The van der Waals surface area contributed by atoms with Crippen LogP contribution in [-0.2, 0) is 0 Å². The van der Waals surface area contributed by atoms with Crippen molar-refractivity contribution in [3.05, 3.63) is 82.6 Å². The molecule has 0 aliphatic carbocycles. The Morgan fingerprint density at radius 2 is 1.76 bits per heavy atom. The number of carbonyl (C=O) groups excluding carboxylic acids is 1. The fourth-order valence-electron chi connectivity index (χ4n) is 2.84. The summed E-state index contributed by atoms with van der Waals surface area (Å²) >= 11 is 6.22. The van der Waals surface area contributed by atoms with Crippen LogP contribution in [0.25, 0.3) is 11.1 Å². The van der Waals surface area contributed by atoms with Gasteiger partial charge in [-0.3, -0.25) is 4.79 Å². The molecule has 0 aliphatic rings. The van der Waals surface area contributed by atoms with Crippen LogP contribution in [0, 0.1) is 5.82 Å². The molecule has 3 aromatic rings. The Bertz CT molecular complexity index is 1060. The molecule has 0 unspecified atom stereocenters. The summed E-state index contributed by atoms with van der Waals surface area (Å²) < 4.78 is 20.2. The molecule has 3 aromatic carbocycles. The molecule has 0 saturated heterocycles. The molecule has 1 amide bonds. The van der Waals surface area contributed by atoms with Gasteiger partial charge in [0, 0.05) is 0 Å². The maximum atomic E-state index is 14.7. The molecule has 7 heteroatoms. The zero-order chi connectivity index (χ0) is 21.0. The van der Waals surface area contributed by atoms with Gasteiger partial charge in [-0.1, -0.05) is 35.9 Å². The Morgan fingerprint density at radius 1 is 1.03 bits per heavy atom. The second-order valence-electron chi connectivity index (χ2n) is 6.08. The van der Waals surface area contributed by atoms with Crippen LogP contribution >= 0.6 is 11.6 Å². The maximum absolute atomic E-state index is 14.7. The number of rotatable bonds is 6. The van der Waals surface area contributed by atoms with Crippen LogP contribution < -0.4 is 10.1 Å². The molecular weight excluding hydrogens is 397 g/mol. The van der Waals surface area contributed by atoms with Crippen LogP contribution in [0.5, 0.6) is 5.75 Å². The van der Waals surface area contributed by atoms with Gasteiger partial charge in [0.1, 0.15) is 11.6 Å². The number of ether oxygens (including phenoxy) is 1. The van der Waals surface area contributed by atoms with Crippen molar-refractivity contribution < 1.29 is 23.8 Å². The van der Waals surface area contributed by atoms with E-state index in [1.165, 1.54) is 36.4 Å². The zero-order valence-electron chi connectivity index (χ0n) is 15.4. The van der Waals surface area contributed by atoms with Crippen LogP contribution in [0.15, 0.2) is 60.7 Å². The Labute approximate surface area is 171 Å². The number of carboxylic acids is 1. The van der Waals surface area contributed by atoms with E-state index in [0.29, 0.717) is 23.5 Å². The van der Waals surface area contributed by atoms with Crippen LogP contribution in [0.3, 0.4) is 0 Å². The molecule has 0 bridgehead atoms. The van der Waals surface area contributed by atoms with Crippen molar-refractivity contribution in [1.82, 2.24) is 0 Å². The highest BCUT2D eigenvalue weighted by Crippen LogP contribution is 2.33. The molecule has 0 fully saturated rings. The summed E-state index contributed by atoms with van der Waals surface area (Å²) in [6.45, 7) is 2.37. The van der Waals surface area contributed by atoms with E-state index in [0.717, 1.165) is 0 Å². The first kappa shape index (κ1) is 20.4. The number of aromatic carboxylic acids is 1. The minimum absolute atomic E-state index is 0.0111. The van der Waals surface area contributed by atoms with Crippen LogP contribution in [-0.4, -0.2) is 23.6 Å². The number of benzene rings is 3. The van der Waals surface area contributed by atoms with Crippen molar-refractivity contribution >= 4 is 29.2 Å². The van der Waals surface area contributed by atoms with Gasteiger partial charge in [-0.25, -0.2) is 9.18 Å². The van der Waals surface area contributed by atoms with E-state index >= 15 is 0 Å². The molecular formula is C22H17ClFNO4. The van der Waals surface area contributed by atoms with E-state index in [9.17, 15) is 19.1 Å². The van der Waals surface area contributed by atoms with E-state index in [1.54, 1.807) is 24.3 Å². The molecule has 0 spiro atoms. The van der Waals surface area contributed by atoms with E-state index in [1.807, 2.05) is 6.92 Å². The van der Waals surface area contributed by atoms with Crippen molar-refractivity contribution in [1.29, 1.82) is 0 Å². The number of carbonyl (C=O) groups is 2. The van der Waals surface area contributed by atoms with Gasteiger partial charge in [0.25, 0.3) is 5.91 Å². The Morgan fingerprint density at radius 3 is 2.41 bits per heavy atom. The molecule has 29 heavy (non-hydrogen) atoms. The highest BCUT2D eigenvalue weighted by molar-refractivity contribution is 6.34. The van der Waals surface area contributed by atoms with Crippen molar-refractivity contribution in [2.75, 3.05) is 11.9 Å². The number of hydrogen-bond acceptors (Lipinski definition) is 3. The average molecular weight is 414 g/mol. The van der Waals surface area contributed by atoms with Crippen molar-refractivity contribution in [3.63, 3.8) is 0 Å². The van der Waals surface area contributed by atoms with Crippen LogP contribution in [0.2, 0.25) is 5.02 Å². The summed E-state index contributed by atoms with van der Waals surface area (Å²) in [5.74, 6) is -2.12. The first-order valence-corrected chi connectivity index (χ1v) is 9.14. The molecule has 0 atom stereocenters. The predicted octanol–water partition coefficient (Wildman–Crippen LogP) is 5.50. The molecule has 3 rings (SSSR count). The number of anilines is 1. The van der Waals surface area contributed by atoms with Gasteiger partial charge in [0.05, 0.1) is 28.4 Å². The Balaban J connectivity index is 1.92. The van der Waals surface area contributed by atoms with Crippen molar-refractivity contribution in [2.45, 2.75) is 6.92 Å². The van der Waals surface area contributed by atoms with Crippen molar-refractivity contribution in [2.24, 2.45) is 0 Å². The summed E-state index contributed by atoms with van der Waals surface area (Å²) in [5, 5.41) is 11.6. The summed E-state index contributed by atoms with van der Waals surface area (Å²) in [4.78, 5) is 23.8. The average Bonchev–Trinajstić information content (AvgIpc) is 2.71. The standard InChI is InChI=1S/C22H17ClFNO4/c1-2-29-15-7-5-6-13(10-15)14-11-18(23)20(19(24)12-14)25-21(26)16-8-3-4-9-17(16)22(27)28/h3-12H,2H2,1H3,(H,25,26)(H,27,28). The lowest BCUT2D eigenvalue weighted by Gasteiger charge is -2.12. The van der Waals surface area contributed by atoms with Gasteiger partial charge in [0.15, 0.2) is 0 Å². The quantitative estimate of drug-likeness (QED) is 0.559. The minimum atomic E-state index is -1.26. The Hall–Kier alpha value is -3.38. The molecule has 2 N–H and O–H groups in total. The number of hydrogen-bond donors (Lipinski definition) is 2. The van der Waals surface area contributed by atoms with E-state index in [2.05, 4.69) is 5.32 Å². The second-order valence-corrected chi connectivity index (χ2v) is 6.49. The molecule has 0 aliphatic heterocycles. The summed E-state index contributed by atoms with van der Waals surface area (Å²) in [5.41, 5.74) is 0.709. The normalized spacial score (nSPS) is 10.4. The SMILES string of the molecule is CCOc1cccc(-c2cc(F)c(NC(=O)c3ccccc3C(=O)O)c(Cl)c2)c1. The second kappa shape index (κ2) is 8.75. The third kappa shape index (κ3) is 4.55. The Kier molecular flexibility index (Phi) is 6.14. The zero-order valence-corrected chi connectivity index (χ0v) is 16.2. The van der Waals surface area contributed by atoms with Crippen LogP contribution in [0.4, 0.5) is 10.1 Å². The van der Waals surface area contributed by atoms with Gasteiger partial charge >= 0.3 is 5.97 Å². The van der Waals surface area contributed by atoms with Gasteiger partial charge in [0.2, 0.25) is 0 Å². The first-order valence-electron chi connectivity index (χ1n) is 8.76. The largest absolute Gasteiger partial charge is 0.494 e. The number of carboxylic acid groups (broad SMARTS) is 1. The lowest BCUT2D eigenvalue weighted by atomic mass is 10.0. The molecule has 0 saturated carbocycles. The van der Waals surface area contributed by atoms with E-state index in [-0.39, 0.29) is 21.8 Å². The summed E-state index contributed by atoms with van der Waals surface area (Å²) in [6.07, 6.45) is 0. The molecule has 0 aromatic heterocycles. The monoisotopic (exact) mass is 413 g/mol. The summed E-state index contributed by atoms with van der Waals surface area (Å²) in [7, 11) is 0. The van der Waals surface area contributed by atoms with E-state index in [4.69, 9.17) is 16.3 Å². The topological polar surface area (TPSA) is 75.6 Å². The third-order valence-corrected chi connectivity index (χ3v) is 4.46. The lowest BCUT2D eigenvalue weighted by molar-refractivity contribution is 0.0692. The van der Waals surface area contributed by atoms with Gasteiger partial charge in [-0.15, -0.1) is 0 Å². The highest BCUT2D eigenvalue weighted by atomic mass is 35.5. The highest BCUT2D eigenvalue weighted by Gasteiger charge is 2.19. The smallest absolute Gasteiger partial charge is 0.336 e. The number of nitrogens with one attached hydrogen (secondary N) is 1. The summed E-state index contributed by atoms with van der Waals surface area (Å²) in [6, 6.07) is 15.5.